The van der Waals surface area contributed by atoms with E-state index < -0.39 is 18.6 Å². The first-order valence-electron chi connectivity index (χ1n) is 6.93. The number of methoxy groups -OCH3 is 1. The van der Waals surface area contributed by atoms with Crippen molar-refractivity contribution in [3.63, 3.8) is 0 Å². The molecular formula is C13H23F3N2O2. The molecular weight excluding hydrogens is 273 g/mol. The standard InChI is InChI=1S/C13H23F3N2O2/c1-10(20-2)3-4-12(19)18(9-13(14,15)16)11-5-7-17-8-6-11/h10-11,17H,3-9H2,1-2H3. The monoisotopic (exact) mass is 296 g/mol. The van der Waals surface area contributed by atoms with Crippen LogP contribution in [0.5, 0.6) is 0 Å². The molecule has 0 aromatic carbocycles. The number of carbonyl (C=O) groups is 1. The molecule has 1 atom stereocenters. The zero-order valence-corrected chi connectivity index (χ0v) is 12.0. The molecule has 1 fully saturated rings. The van der Waals surface area contributed by atoms with Gasteiger partial charge < -0.3 is 15.0 Å². The molecule has 0 saturated carbocycles. The lowest BCUT2D eigenvalue weighted by Crippen LogP contribution is -2.49. The average Bonchev–Trinajstić information content (AvgIpc) is 2.41. The van der Waals surface area contributed by atoms with Crippen LogP contribution >= 0.6 is 0 Å². The van der Waals surface area contributed by atoms with E-state index in [-0.39, 0.29) is 18.6 Å². The second kappa shape index (κ2) is 7.83. The van der Waals surface area contributed by atoms with Gasteiger partial charge >= 0.3 is 6.18 Å². The van der Waals surface area contributed by atoms with Gasteiger partial charge in [-0.15, -0.1) is 0 Å². The van der Waals surface area contributed by atoms with Crippen molar-refractivity contribution in [2.45, 2.75) is 50.9 Å². The third-order valence-electron chi connectivity index (χ3n) is 3.59. The quantitative estimate of drug-likeness (QED) is 0.814. The predicted octanol–water partition coefficient (Wildman–Crippen LogP) is 1.94. The molecule has 0 aromatic heterocycles. The maximum Gasteiger partial charge on any atom is 0.406 e. The van der Waals surface area contributed by atoms with Gasteiger partial charge in [0.05, 0.1) is 6.10 Å². The van der Waals surface area contributed by atoms with Crippen molar-refractivity contribution < 1.29 is 22.7 Å². The molecule has 7 heteroatoms. The summed E-state index contributed by atoms with van der Waals surface area (Å²) in [5, 5.41) is 3.09. The van der Waals surface area contributed by atoms with Gasteiger partial charge in [0, 0.05) is 19.6 Å². The van der Waals surface area contributed by atoms with E-state index in [2.05, 4.69) is 5.32 Å². The minimum absolute atomic E-state index is 0.0923. The Morgan fingerprint density at radius 2 is 2.00 bits per heavy atom. The van der Waals surface area contributed by atoms with Crippen molar-refractivity contribution in [1.29, 1.82) is 0 Å². The highest BCUT2D eigenvalue weighted by Gasteiger charge is 2.36. The number of halogens is 3. The number of nitrogens with one attached hydrogen (secondary N) is 1. The Morgan fingerprint density at radius 1 is 1.40 bits per heavy atom. The molecule has 1 rings (SSSR count). The summed E-state index contributed by atoms with van der Waals surface area (Å²) in [5.74, 6) is -0.432. The van der Waals surface area contributed by atoms with Gasteiger partial charge in [-0.1, -0.05) is 0 Å². The summed E-state index contributed by atoms with van der Waals surface area (Å²) in [6.07, 6.45) is -2.81. The maximum absolute atomic E-state index is 12.7. The van der Waals surface area contributed by atoms with Crippen LogP contribution in [0.1, 0.15) is 32.6 Å². The Kier molecular flexibility index (Phi) is 6.75. The van der Waals surface area contributed by atoms with Gasteiger partial charge in [0.2, 0.25) is 5.91 Å². The molecule has 0 aliphatic carbocycles. The van der Waals surface area contributed by atoms with Crippen molar-refractivity contribution in [2.24, 2.45) is 0 Å². The van der Waals surface area contributed by atoms with Crippen LogP contribution in [-0.2, 0) is 9.53 Å². The van der Waals surface area contributed by atoms with Crippen molar-refractivity contribution in [3.05, 3.63) is 0 Å². The van der Waals surface area contributed by atoms with Crippen molar-refractivity contribution >= 4 is 5.91 Å². The summed E-state index contributed by atoms with van der Waals surface area (Å²) in [4.78, 5) is 13.1. The van der Waals surface area contributed by atoms with Crippen LogP contribution in [0, 0.1) is 0 Å². The minimum atomic E-state index is -4.35. The number of hydrogen-bond donors (Lipinski definition) is 1. The van der Waals surface area contributed by atoms with Gasteiger partial charge in [-0.3, -0.25) is 4.79 Å². The van der Waals surface area contributed by atoms with Gasteiger partial charge in [0.1, 0.15) is 6.54 Å². The van der Waals surface area contributed by atoms with E-state index >= 15 is 0 Å². The van der Waals surface area contributed by atoms with E-state index in [9.17, 15) is 18.0 Å². The lowest BCUT2D eigenvalue weighted by Gasteiger charge is -2.35. The van der Waals surface area contributed by atoms with E-state index in [0.717, 1.165) is 4.90 Å². The molecule has 0 radical (unpaired) electrons. The Hall–Kier alpha value is -0.820. The normalized spacial score (nSPS) is 18.9. The van der Waals surface area contributed by atoms with Crippen LogP contribution in [0.3, 0.4) is 0 Å². The molecule has 1 saturated heterocycles. The fourth-order valence-electron chi connectivity index (χ4n) is 2.32. The molecule has 1 amide bonds. The highest BCUT2D eigenvalue weighted by atomic mass is 19.4. The second-order valence-electron chi connectivity index (χ2n) is 5.20. The highest BCUT2D eigenvalue weighted by Crippen LogP contribution is 2.22. The van der Waals surface area contributed by atoms with Crippen molar-refractivity contribution in [1.82, 2.24) is 10.2 Å². The SMILES string of the molecule is COC(C)CCC(=O)N(CC(F)(F)F)C1CCNCC1. The van der Waals surface area contributed by atoms with E-state index in [1.807, 2.05) is 0 Å². The minimum Gasteiger partial charge on any atom is -0.382 e. The van der Waals surface area contributed by atoms with Gasteiger partial charge in [0.15, 0.2) is 0 Å². The zero-order chi connectivity index (χ0) is 15.2. The number of rotatable bonds is 6. The summed E-state index contributed by atoms with van der Waals surface area (Å²) in [7, 11) is 1.52. The molecule has 1 aliphatic heterocycles. The van der Waals surface area contributed by atoms with Gasteiger partial charge in [-0.05, 0) is 39.3 Å². The molecule has 1 aliphatic rings. The number of amides is 1. The molecule has 0 aromatic rings. The van der Waals surface area contributed by atoms with Crippen LogP contribution in [0.2, 0.25) is 0 Å². The fourth-order valence-corrected chi connectivity index (χ4v) is 2.32. The summed E-state index contributed by atoms with van der Waals surface area (Å²) in [6.45, 7) is 1.95. The summed E-state index contributed by atoms with van der Waals surface area (Å²) < 4.78 is 43.0. The van der Waals surface area contributed by atoms with Gasteiger partial charge in [-0.2, -0.15) is 13.2 Å². The van der Waals surface area contributed by atoms with Gasteiger partial charge in [0.25, 0.3) is 0 Å². The first-order valence-corrected chi connectivity index (χ1v) is 6.93. The maximum atomic E-state index is 12.7. The third-order valence-corrected chi connectivity index (χ3v) is 3.59. The van der Waals surface area contributed by atoms with E-state index in [1.165, 1.54) is 7.11 Å². The average molecular weight is 296 g/mol. The zero-order valence-electron chi connectivity index (χ0n) is 12.0. The van der Waals surface area contributed by atoms with Crippen LogP contribution in [-0.4, -0.2) is 55.9 Å². The van der Waals surface area contributed by atoms with Gasteiger partial charge in [-0.25, -0.2) is 0 Å². The second-order valence-corrected chi connectivity index (χ2v) is 5.20. The molecule has 20 heavy (non-hydrogen) atoms. The molecule has 4 nitrogen and oxygen atoms in total. The summed E-state index contributed by atoms with van der Waals surface area (Å²) >= 11 is 0. The van der Waals surface area contributed by atoms with E-state index in [1.54, 1.807) is 6.92 Å². The third kappa shape index (κ3) is 6.09. The number of ether oxygens (including phenoxy) is 1. The molecule has 0 bridgehead atoms. The Balaban J connectivity index is 2.62. The number of carbonyl (C=O) groups excluding carboxylic acids is 1. The van der Waals surface area contributed by atoms with Crippen LogP contribution in [0.15, 0.2) is 0 Å². The molecule has 1 unspecified atom stereocenters. The Morgan fingerprint density at radius 3 is 2.50 bits per heavy atom. The summed E-state index contributed by atoms with van der Waals surface area (Å²) in [5.41, 5.74) is 0. The van der Waals surface area contributed by atoms with E-state index in [4.69, 9.17) is 4.74 Å². The van der Waals surface area contributed by atoms with Crippen LogP contribution in [0.4, 0.5) is 13.2 Å². The lowest BCUT2D eigenvalue weighted by atomic mass is 10.0. The smallest absolute Gasteiger partial charge is 0.382 e. The van der Waals surface area contributed by atoms with Crippen molar-refractivity contribution in [2.75, 3.05) is 26.7 Å². The first-order chi connectivity index (χ1) is 9.33. The largest absolute Gasteiger partial charge is 0.406 e. The highest BCUT2D eigenvalue weighted by molar-refractivity contribution is 5.76. The topological polar surface area (TPSA) is 41.6 Å². The first kappa shape index (κ1) is 17.2. The molecule has 1 N–H and O–H groups in total. The fraction of sp³-hybridized carbons (Fsp3) is 0.923. The van der Waals surface area contributed by atoms with Crippen LogP contribution in [0.25, 0.3) is 0 Å². The van der Waals surface area contributed by atoms with Crippen LogP contribution < -0.4 is 5.32 Å². The van der Waals surface area contributed by atoms with E-state index in [0.29, 0.717) is 32.4 Å². The number of piperidine rings is 1. The Bertz CT molecular complexity index is 304. The number of alkyl halides is 3. The van der Waals surface area contributed by atoms with Crippen molar-refractivity contribution in [3.8, 4) is 0 Å². The molecule has 118 valence electrons. The summed E-state index contributed by atoms with van der Waals surface area (Å²) in [6, 6.07) is -0.316. The predicted molar refractivity (Wildman–Crippen MR) is 69.4 cm³/mol. The molecule has 0 spiro atoms. The Labute approximate surface area is 117 Å². The number of hydrogen-bond acceptors (Lipinski definition) is 3. The lowest BCUT2D eigenvalue weighted by molar-refractivity contribution is -0.167. The number of nitrogens with zero attached hydrogens (tertiary/aromatic N) is 1. The molecule has 1 heterocycles.